The zero-order valence-corrected chi connectivity index (χ0v) is 10.9. The topological polar surface area (TPSA) is 38.1 Å². The Hall–Kier alpha value is -0.830. The van der Waals surface area contributed by atoms with Crippen LogP contribution >= 0.6 is 0 Å². The lowest BCUT2D eigenvalue weighted by Gasteiger charge is -2.16. The largest absolute Gasteiger partial charge is 0.445 e. The molecule has 1 fully saturated rings. The van der Waals surface area contributed by atoms with Gasteiger partial charge in [0.2, 0.25) is 0 Å². The molecule has 0 aliphatic heterocycles. The summed E-state index contributed by atoms with van der Waals surface area (Å²) < 4.78 is 5.87. The van der Waals surface area contributed by atoms with Crippen LogP contribution in [0.2, 0.25) is 0 Å². The molecule has 0 amide bonds. The van der Waals surface area contributed by atoms with Crippen molar-refractivity contribution in [1.29, 1.82) is 0 Å². The lowest BCUT2D eigenvalue weighted by atomic mass is 9.90. The van der Waals surface area contributed by atoms with Gasteiger partial charge < -0.3 is 9.73 Å². The number of rotatable bonds is 4. The summed E-state index contributed by atoms with van der Waals surface area (Å²) >= 11 is 0. The first-order chi connectivity index (χ1) is 8.40. The highest BCUT2D eigenvalue weighted by atomic mass is 16.4. The smallest absolute Gasteiger partial charge is 0.195 e. The number of likely N-dealkylation sites (N-methyl/N-ethyl adjacent to an activating group) is 1. The van der Waals surface area contributed by atoms with Crippen molar-refractivity contribution in [3.05, 3.63) is 17.8 Å². The van der Waals surface area contributed by atoms with Gasteiger partial charge in [-0.2, -0.15) is 0 Å². The van der Waals surface area contributed by atoms with E-state index >= 15 is 0 Å². The maximum Gasteiger partial charge on any atom is 0.195 e. The molecule has 96 valence electrons. The van der Waals surface area contributed by atoms with Crippen molar-refractivity contribution in [3.8, 4) is 0 Å². The van der Waals surface area contributed by atoms with Gasteiger partial charge in [0.25, 0.3) is 0 Å². The van der Waals surface area contributed by atoms with Crippen LogP contribution in [0.3, 0.4) is 0 Å². The Kier molecular flexibility index (Phi) is 5.05. The third kappa shape index (κ3) is 3.84. The molecule has 3 nitrogen and oxygen atoms in total. The molecule has 1 aromatic heterocycles. The first kappa shape index (κ1) is 12.6. The van der Waals surface area contributed by atoms with Crippen LogP contribution in [0.25, 0.3) is 0 Å². The van der Waals surface area contributed by atoms with Gasteiger partial charge in [-0.15, -0.1) is 0 Å². The van der Waals surface area contributed by atoms with Crippen LogP contribution in [-0.4, -0.2) is 18.6 Å². The van der Waals surface area contributed by atoms with Gasteiger partial charge in [-0.25, -0.2) is 4.98 Å². The number of nitrogens with one attached hydrogen (secondary N) is 1. The molecule has 1 aromatic rings. The van der Waals surface area contributed by atoms with E-state index in [-0.39, 0.29) is 0 Å². The van der Waals surface area contributed by atoms with Crippen molar-refractivity contribution in [1.82, 2.24) is 10.3 Å². The average Bonchev–Trinajstić information content (AvgIpc) is 2.74. The quantitative estimate of drug-likeness (QED) is 0.872. The summed E-state index contributed by atoms with van der Waals surface area (Å²) in [5, 5.41) is 3.12. The molecule has 17 heavy (non-hydrogen) atoms. The van der Waals surface area contributed by atoms with E-state index in [0.29, 0.717) is 5.92 Å². The Balaban J connectivity index is 1.92. The number of aromatic nitrogens is 1. The normalized spacial score (nSPS) is 18.9. The highest BCUT2D eigenvalue weighted by molar-refractivity contribution is 5.02. The Labute approximate surface area is 104 Å². The minimum Gasteiger partial charge on any atom is -0.445 e. The molecule has 0 atom stereocenters. The number of hydrogen-bond donors (Lipinski definition) is 1. The first-order valence-electron chi connectivity index (χ1n) is 6.99. The van der Waals surface area contributed by atoms with Gasteiger partial charge in [0.1, 0.15) is 5.76 Å². The molecular formula is C14H24N2O. The van der Waals surface area contributed by atoms with Crippen molar-refractivity contribution in [2.45, 2.75) is 57.3 Å². The molecular weight excluding hydrogens is 212 g/mol. The number of nitrogens with zero attached hydrogens (tertiary/aromatic N) is 1. The number of hydrogen-bond acceptors (Lipinski definition) is 3. The molecule has 0 bridgehead atoms. The van der Waals surface area contributed by atoms with E-state index in [1.807, 2.05) is 13.2 Å². The molecule has 2 rings (SSSR count). The molecule has 1 aliphatic carbocycles. The molecule has 0 radical (unpaired) electrons. The van der Waals surface area contributed by atoms with Crippen LogP contribution in [0.1, 0.15) is 62.5 Å². The maximum atomic E-state index is 5.87. The maximum absolute atomic E-state index is 5.87. The fourth-order valence-electron chi connectivity index (χ4n) is 2.60. The lowest BCUT2D eigenvalue weighted by molar-refractivity contribution is 0.371. The lowest BCUT2D eigenvalue weighted by Crippen LogP contribution is -2.10. The summed E-state index contributed by atoms with van der Waals surface area (Å²) in [6.07, 6.45) is 12.3. The standard InChI is InChI=1S/C14H24N2O/c1-15-10-9-14-16-11-13(17-14)12-7-5-3-2-4-6-8-12/h11-12,15H,2-10H2,1H3. The van der Waals surface area contributed by atoms with Gasteiger partial charge in [0.05, 0.1) is 6.20 Å². The van der Waals surface area contributed by atoms with Crippen molar-refractivity contribution in [2.24, 2.45) is 0 Å². The van der Waals surface area contributed by atoms with Gasteiger partial charge >= 0.3 is 0 Å². The number of oxazole rings is 1. The fraction of sp³-hybridized carbons (Fsp3) is 0.786. The molecule has 0 spiro atoms. The van der Waals surface area contributed by atoms with Crippen molar-refractivity contribution in [3.63, 3.8) is 0 Å². The molecule has 1 saturated carbocycles. The van der Waals surface area contributed by atoms with Crippen LogP contribution in [-0.2, 0) is 6.42 Å². The summed E-state index contributed by atoms with van der Waals surface area (Å²) in [5.74, 6) is 2.63. The first-order valence-corrected chi connectivity index (χ1v) is 6.99. The van der Waals surface area contributed by atoms with Crippen molar-refractivity contribution >= 4 is 0 Å². The van der Waals surface area contributed by atoms with Crippen LogP contribution in [0.4, 0.5) is 0 Å². The van der Waals surface area contributed by atoms with E-state index in [1.165, 1.54) is 44.9 Å². The van der Waals surface area contributed by atoms with E-state index in [1.54, 1.807) is 0 Å². The molecule has 0 aromatic carbocycles. The second-order valence-corrected chi connectivity index (χ2v) is 5.05. The summed E-state index contributed by atoms with van der Waals surface area (Å²) in [4.78, 5) is 4.38. The summed E-state index contributed by atoms with van der Waals surface area (Å²) in [6, 6.07) is 0. The highest BCUT2D eigenvalue weighted by Crippen LogP contribution is 2.31. The Morgan fingerprint density at radius 2 is 1.94 bits per heavy atom. The van der Waals surface area contributed by atoms with Gasteiger partial charge in [-0.3, -0.25) is 0 Å². The fourth-order valence-corrected chi connectivity index (χ4v) is 2.60. The Morgan fingerprint density at radius 3 is 2.65 bits per heavy atom. The molecule has 0 unspecified atom stereocenters. The van der Waals surface area contributed by atoms with Crippen LogP contribution in [0, 0.1) is 0 Å². The predicted molar refractivity (Wildman–Crippen MR) is 69.2 cm³/mol. The highest BCUT2D eigenvalue weighted by Gasteiger charge is 2.17. The molecule has 3 heteroatoms. The van der Waals surface area contributed by atoms with Crippen molar-refractivity contribution in [2.75, 3.05) is 13.6 Å². The van der Waals surface area contributed by atoms with Crippen LogP contribution < -0.4 is 5.32 Å². The van der Waals surface area contributed by atoms with Crippen molar-refractivity contribution < 1.29 is 4.42 Å². The van der Waals surface area contributed by atoms with Gasteiger partial charge in [-0.05, 0) is 19.9 Å². The van der Waals surface area contributed by atoms with E-state index < -0.39 is 0 Å². The third-order valence-electron chi connectivity index (χ3n) is 3.67. The monoisotopic (exact) mass is 236 g/mol. The molecule has 1 aliphatic rings. The Morgan fingerprint density at radius 1 is 1.24 bits per heavy atom. The molecule has 1 N–H and O–H groups in total. The minimum absolute atomic E-state index is 0.617. The molecule has 1 heterocycles. The van der Waals surface area contributed by atoms with E-state index in [0.717, 1.165) is 24.6 Å². The average molecular weight is 236 g/mol. The third-order valence-corrected chi connectivity index (χ3v) is 3.67. The van der Waals surface area contributed by atoms with E-state index in [4.69, 9.17) is 4.42 Å². The zero-order chi connectivity index (χ0) is 11.9. The van der Waals surface area contributed by atoms with Crippen LogP contribution in [0.5, 0.6) is 0 Å². The van der Waals surface area contributed by atoms with E-state index in [9.17, 15) is 0 Å². The second-order valence-electron chi connectivity index (χ2n) is 5.05. The van der Waals surface area contributed by atoms with Gasteiger partial charge in [0.15, 0.2) is 5.89 Å². The SMILES string of the molecule is CNCCc1ncc(C2CCCCCCC2)o1. The Bertz CT molecular complexity index is 314. The van der Waals surface area contributed by atoms with Gasteiger partial charge in [0, 0.05) is 18.9 Å². The summed E-state index contributed by atoms with van der Waals surface area (Å²) in [7, 11) is 1.96. The predicted octanol–water partition coefficient (Wildman–Crippen LogP) is 3.26. The molecule has 0 saturated heterocycles. The zero-order valence-electron chi connectivity index (χ0n) is 10.9. The summed E-state index contributed by atoms with van der Waals surface area (Å²) in [6.45, 7) is 0.935. The van der Waals surface area contributed by atoms with Gasteiger partial charge in [-0.1, -0.05) is 32.1 Å². The summed E-state index contributed by atoms with van der Waals surface area (Å²) in [5.41, 5.74) is 0. The van der Waals surface area contributed by atoms with Crippen LogP contribution in [0.15, 0.2) is 10.6 Å². The second kappa shape index (κ2) is 6.80. The minimum atomic E-state index is 0.617. The van der Waals surface area contributed by atoms with E-state index in [2.05, 4.69) is 10.3 Å².